The maximum absolute atomic E-state index is 13.5. The number of carbonyl (C=O) groups is 1. The zero-order valence-electron chi connectivity index (χ0n) is 26.5. The standard InChI is InChI=1S/C37H37N7O2S/c1-41-30-13-7-6-9-26(30)21-32(41)37(45)44(39)31-15-14-25(22-33(31)46-2)29-24-47-35-27(23-40-36(38)34(29)35)10-8-16-42-17-19-43(20-18-42)28-11-4-3-5-12-28/h3-15,21-24H,16-20,39H2,1-2H3,(H2,38,40). The number of rotatable bonds is 8. The summed E-state index contributed by atoms with van der Waals surface area (Å²) in [5.41, 5.74) is 12.5. The molecule has 9 nitrogen and oxygen atoms in total. The lowest BCUT2D eigenvalue weighted by molar-refractivity contribution is 0.0979. The minimum absolute atomic E-state index is 0.335. The SMILES string of the molecule is COc1cc(-c2csc3c(C=CCN4CCN(c5ccccc5)CC4)cnc(N)c23)ccc1N(N)C(=O)c1cc2ccccc2n1C. The van der Waals surface area contributed by atoms with Crippen LogP contribution in [0, 0.1) is 0 Å². The third-order valence-electron chi connectivity index (χ3n) is 8.95. The van der Waals surface area contributed by atoms with Crippen LogP contribution in [-0.2, 0) is 7.05 Å². The molecule has 10 heteroatoms. The highest BCUT2D eigenvalue weighted by Gasteiger charge is 2.23. The number of thiophene rings is 1. The van der Waals surface area contributed by atoms with Gasteiger partial charge in [0.05, 0.1) is 7.11 Å². The van der Waals surface area contributed by atoms with E-state index in [0.717, 1.165) is 75.4 Å². The Kier molecular flexibility index (Phi) is 8.38. The summed E-state index contributed by atoms with van der Waals surface area (Å²) < 4.78 is 8.67. The molecule has 1 aliphatic heterocycles. The molecule has 0 unspecified atom stereocenters. The average molecular weight is 644 g/mol. The first-order valence-corrected chi connectivity index (χ1v) is 16.5. The van der Waals surface area contributed by atoms with Crippen LogP contribution in [0.3, 0.4) is 0 Å². The average Bonchev–Trinajstić information content (AvgIpc) is 3.72. The number of ether oxygens (including phenoxy) is 1. The van der Waals surface area contributed by atoms with E-state index in [-0.39, 0.29) is 5.91 Å². The molecule has 0 saturated carbocycles. The number of para-hydroxylation sites is 2. The van der Waals surface area contributed by atoms with Gasteiger partial charge in [0.1, 0.15) is 22.9 Å². The van der Waals surface area contributed by atoms with E-state index in [1.54, 1.807) is 18.4 Å². The number of hydrogen-bond donors (Lipinski definition) is 2. The van der Waals surface area contributed by atoms with Gasteiger partial charge in [0, 0.05) is 83.8 Å². The first-order chi connectivity index (χ1) is 22.9. The number of nitrogens with two attached hydrogens (primary N) is 2. The van der Waals surface area contributed by atoms with E-state index in [1.807, 2.05) is 66.3 Å². The van der Waals surface area contributed by atoms with Gasteiger partial charge in [0.15, 0.2) is 0 Å². The number of carbonyl (C=O) groups excluding carboxylic acids is 1. The van der Waals surface area contributed by atoms with Gasteiger partial charge in [-0.15, -0.1) is 11.3 Å². The lowest BCUT2D eigenvalue weighted by Gasteiger charge is -2.35. The molecular weight excluding hydrogens is 607 g/mol. The summed E-state index contributed by atoms with van der Waals surface area (Å²) in [6.45, 7) is 4.94. The number of piperazine rings is 1. The highest BCUT2D eigenvalue weighted by Crippen LogP contribution is 2.41. The Morgan fingerprint density at radius 2 is 1.79 bits per heavy atom. The van der Waals surface area contributed by atoms with Crippen LogP contribution in [0.4, 0.5) is 17.2 Å². The maximum Gasteiger partial charge on any atom is 0.289 e. The monoisotopic (exact) mass is 643 g/mol. The number of fused-ring (bicyclic) bond motifs is 2. The van der Waals surface area contributed by atoms with Crippen molar-refractivity contribution in [3.05, 3.63) is 108 Å². The van der Waals surface area contributed by atoms with Crippen LogP contribution in [0.5, 0.6) is 5.75 Å². The van der Waals surface area contributed by atoms with Crippen LogP contribution in [0.15, 0.2) is 96.5 Å². The van der Waals surface area contributed by atoms with Gasteiger partial charge in [-0.25, -0.2) is 15.8 Å². The summed E-state index contributed by atoms with van der Waals surface area (Å²) in [7, 11) is 3.43. The van der Waals surface area contributed by atoms with Crippen molar-refractivity contribution in [3.63, 3.8) is 0 Å². The van der Waals surface area contributed by atoms with E-state index in [4.69, 9.17) is 16.3 Å². The van der Waals surface area contributed by atoms with E-state index in [1.165, 1.54) is 5.69 Å². The fraction of sp³-hybridized carbons (Fsp3) is 0.189. The van der Waals surface area contributed by atoms with Crippen LogP contribution < -0.4 is 26.2 Å². The van der Waals surface area contributed by atoms with Crippen LogP contribution in [0.1, 0.15) is 16.1 Å². The quantitative estimate of drug-likeness (QED) is 0.112. The normalized spacial score (nSPS) is 14.0. The molecule has 1 aliphatic rings. The second-order valence-electron chi connectivity index (χ2n) is 11.7. The largest absolute Gasteiger partial charge is 0.494 e. The Labute approximate surface area is 277 Å². The van der Waals surface area contributed by atoms with Crippen molar-refractivity contribution in [2.75, 3.05) is 55.5 Å². The number of benzene rings is 3. The van der Waals surface area contributed by atoms with E-state index < -0.39 is 0 Å². The summed E-state index contributed by atoms with van der Waals surface area (Å²) in [5.74, 6) is 7.04. The summed E-state index contributed by atoms with van der Waals surface area (Å²) >= 11 is 1.64. The number of hydrogen-bond acceptors (Lipinski definition) is 8. The van der Waals surface area contributed by atoms with E-state index in [9.17, 15) is 4.79 Å². The molecule has 7 rings (SSSR count). The molecule has 0 spiro atoms. The summed E-state index contributed by atoms with van der Waals surface area (Å²) in [6.07, 6.45) is 6.20. The fourth-order valence-electron chi connectivity index (χ4n) is 6.35. The minimum atomic E-state index is -0.335. The second-order valence-corrected chi connectivity index (χ2v) is 12.6. The van der Waals surface area contributed by atoms with E-state index in [2.05, 4.69) is 62.6 Å². The molecule has 238 valence electrons. The molecule has 47 heavy (non-hydrogen) atoms. The highest BCUT2D eigenvalue weighted by atomic mass is 32.1. The molecular formula is C37H37N7O2S. The van der Waals surface area contributed by atoms with Crippen molar-refractivity contribution in [2.24, 2.45) is 12.9 Å². The predicted molar refractivity (Wildman–Crippen MR) is 194 cm³/mol. The molecule has 1 fully saturated rings. The summed E-state index contributed by atoms with van der Waals surface area (Å²) in [4.78, 5) is 23.0. The van der Waals surface area contributed by atoms with Crippen molar-refractivity contribution in [2.45, 2.75) is 0 Å². The number of aromatic nitrogens is 2. The predicted octanol–water partition coefficient (Wildman–Crippen LogP) is 6.40. The molecule has 0 radical (unpaired) electrons. The molecule has 0 bridgehead atoms. The number of nitrogen functional groups attached to an aromatic ring is 1. The van der Waals surface area contributed by atoms with Crippen molar-refractivity contribution < 1.29 is 9.53 Å². The van der Waals surface area contributed by atoms with E-state index >= 15 is 0 Å². The number of amides is 1. The number of hydrazine groups is 1. The molecule has 4 N–H and O–H groups in total. The molecule has 3 aromatic carbocycles. The Hall–Kier alpha value is -5.16. The van der Waals surface area contributed by atoms with Gasteiger partial charge in [-0.2, -0.15) is 0 Å². The zero-order chi connectivity index (χ0) is 32.5. The second kappa shape index (κ2) is 12.9. The van der Waals surface area contributed by atoms with Gasteiger partial charge in [-0.05, 0) is 47.3 Å². The number of anilines is 3. The van der Waals surface area contributed by atoms with E-state index in [0.29, 0.717) is 22.9 Å². The van der Waals surface area contributed by atoms with Crippen molar-refractivity contribution in [1.29, 1.82) is 0 Å². The lowest BCUT2D eigenvalue weighted by Crippen LogP contribution is -2.46. The molecule has 1 amide bonds. The van der Waals surface area contributed by atoms with Gasteiger partial charge >= 0.3 is 0 Å². The first-order valence-electron chi connectivity index (χ1n) is 15.6. The summed E-state index contributed by atoms with van der Waals surface area (Å²) in [6, 6.07) is 25.9. The number of methoxy groups -OCH3 is 1. The Bertz CT molecular complexity index is 2090. The highest BCUT2D eigenvalue weighted by molar-refractivity contribution is 7.18. The molecule has 0 aliphatic carbocycles. The molecule has 4 heterocycles. The number of aryl methyl sites for hydroxylation is 1. The van der Waals surface area contributed by atoms with Gasteiger partial charge in [0.2, 0.25) is 0 Å². The maximum atomic E-state index is 13.5. The van der Waals surface area contributed by atoms with Gasteiger partial charge < -0.3 is 19.9 Å². The lowest BCUT2D eigenvalue weighted by atomic mass is 10.0. The van der Waals surface area contributed by atoms with Crippen LogP contribution in [0.25, 0.3) is 38.2 Å². The van der Waals surface area contributed by atoms with Crippen LogP contribution in [-0.4, -0.2) is 60.2 Å². The van der Waals surface area contributed by atoms with Crippen molar-refractivity contribution in [3.8, 4) is 16.9 Å². The first kappa shape index (κ1) is 30.5. The third kappa shape index (κ3) is 5.83. The smallest absolute Gasteiger partial charge is 0.289 e. The topological polar surface area (TPSA) is 106 Å². The van der Waals surface area contributed by atoms with Gasteiger partial charge in [-0.1, -0.05) is 54.6 Å². The third-order valence-corrected chi connectivity index (χ3v) is 9.98. The number of nitrogens with zero attached hydrogens (tertiary/aromatic N) is 5. The van der Waals surface area contributed by atoms with Crippen molar-refractivity contribution >= 4 is 61.5 Å². The minimum Gasteiger partial charge on any atom is -0.494 e. The zero-order valence-corrected chi connectivity index (χ0v) is 27.3. The van der Waals surface area contributed by atoms with Crippen LogP contribution >= 0.6 is 11.3 Å². The van der Waals surface area contributed by atoms with Crippen LogP contribution in [0.2, 0.25) is 0 Å². The molecule has 1 saturated heterocycles. The summed E-state index contributed by atoms with van der Waals surface area (Å²) in [5, 5.41) is 5.11. The van der Waals surface area contributed by atoms with Gasteiger partial charge in [0.25, 0.3) is 5.91 Å². The van der Waals surface area contributed by atoms with Gasteiger partial charge in [-0.3, -0.25) is 9.69 Å². The fourth-order valence-corrected chi connectivity index (χ4v) is 7.42. The molecule has 6 aromatic rings. The Morgan fingerprint density at radius 1 is 1.02 bits per heavy atom. The molecule has 0 atom stereocenters. The Morgan fingerprint density at radius 3 is 2.55 bits per heavy atom. The Balaban J connectivity index is 1.09. The number of pyridine rings is 1. The van der Waals surface area contributed by atoms with Crippen molar-refractivity contribution in [1.82, 2.24) is 14.5 Å². The molecule has 3 aromatic heterocycles.